The van der Waals surface area contributed by atoms with E-state index in [1.165, 1.54) is 0 Å². The highest BCUT2D eigenvalue weighted by molar-refractivity contribution is 14.1. The van der Waals surface area contributed by atoms with Gasteiger partial charge in [-0.1, -0.05) is 51.2 Å². The zero-order valence-electron chi connectivity index (χ0n) is 26.1. The van der Waals surface area contributed by atoms with Gasteiger partial charge in [0.05, 0.1) is 11.6 Å². The molecule has 0 aliphatic rings. The van der Waals surface area contributed by atoms with Crippen LogP contribution in [0, 0.1) is 17.2 Å². The molecule has 0 aliphatic carbocycles. The summed E-state index contributed by atoms with van der Waals surface area (Å²) in [6.07, 6.45) is 4.77. The molecule has 0 radical (unpaired) electrons. The third-order valence-electron chi connectivity index (χ3n) is 6.26. The maximum absolute atomic E-state index is 13.0. The minimum atomic E-state index is -0.559. The van der Waals surface area contributed by atoms with Crippen LogP contribution >= 0.6 is 22.6 Å². The number of ether oxygens (including phenoxy) is 1. The van der Waals surface area contributed by atoms with Crippen molar-refractivity contribution in [3.8, 4) is 6.07 Å². The number of halogens is 1. The summed E-state index contributed by atoms with van der Waals surface area (Å²) in [5.41, 5.74) is 5.81. The maximum Gasteiger partial charge on any atom is 0.410 e. The zero-order chi connectivity index (χ0) is 30.8. The van der Waals surface area contributed by atoms with Gasteiger partial charge in [0.1, 0.15) is 5.60 Å². The molecule has 6 nitrogen and oxygen atoms in total. The number of hydrogen-bond acceptors (Lipinski definition) is 5. The van der Waals surface area contributed by atoms with Gasteiger partial charge in [-0.2, -0.15) is 5.26 Å². The number of carbonyl (C=O) groups excluding carboxylic acids is 1. The van der Waals surface area contributed by atoms with Crippen molar-refractivity contribution in [3.05, 3.63) is 74.7 Å². The Hall–Kier alpha value is -2.73. The summed E-state index contributed by atoms with van der Waals surface area (Å²) in [5, 5.41) is 9.29. The van der Waals surface area contributed by atoms with E-state index in [-0.39, 0.29) is 18.1 Å². The molecular weight excluding hydrogens is 611 g/mol. The van der Waals surface area contributed by atoms with Crippen LogP contribution in [0.3, 0.4) is 0 Å². The zero-order valence-corrected chi connectivity index (χ0v) is 28.2. The van der Waals surface area contributed by atoms with E-state index >= 15 is 0 Å². The molecule has 1 rings (SSSR count). The van der Waals surface area contributed by atoms with Crippen molar-refractivity contribution in [2.75, 3.05) is 13.6 Å². The minimum absolute atomic E-state index is 0.00660. The van der Waals surface area contributed by atoms with Crippen LogP contribution in [0.5, 0.6) is 0 Å². The van der Waals surface area contributed by atoms with Crippen LogP contribution in [0.2, 0.25) is 0 Å². The van der Waals surface area contributed by atoms with E-state index in [1.807, 2.05) is 45.6 Å². The van der Waals surface area contributed by atoms with Crippen molar-refractivity contribution in [2.45, 2.75) is 92.7 Å². The predicted octanol–water partition coefficient (Wildman–Crippen LogP) is 8.96. The molecule has 218 valence electrons. The molecule has 1 heterocycles. The Labute approximate surface area is 256 Å². The summed E-state index contributed by atoms with van der Waals surface area (Å²) >= 11 is 2.36. The molecule has 1 unspecified atom stereocenters. The van der Waals surface area contributed by atoms with Gasteiger partial charge in [-0.3, -0.25) is 9.98 Å². The molecule has 0 aromatic carbocycles. The monoisotopic (exact) mass is 658 g/mol. The lowest BCUT2D eigenvalue weighted by atomic mass is 9.90. The van der Waals surface area contributed by atoms with Crippen LogP contribution in [-0.4, -0.2) is 46.9 Å². The number of aromatic nitrogens is 1. The lowest BCUT2D eigenvalue weighted by Crippen LogP contribution is -2.44. The lowest BCUT2D eigenvalue weighted by molar-refractivity contribution is 0.0150. The Morgan fingerprint density at radius 1 is 1.25 bits per heavy atom. The van der Waals surface area contributed by atoms with Gasteiger partial charge in [0.25, 0.3) is 0 Å². The average Bonchev–Trinajstić information content (AvgIpc) is 2.85. The second kappa shape index (κ2) is 15.9. The summed E-state index contributed by atoms with van der Waals surface area (Å²) in [7, 11) is 1.79. The molecule has 7 heteroatoms. The number of hydrogen-bond donors (Lipinski definition) is 0. The number of amides is 1. The van der Waals surface area contributed by atoms with E-state index in [2.05, 4.69) is 85.6 Å². The van der Waals surface area contributed by atoms with Gasteiger partial charge in [0.15, 0.2) is 0 Å². The molecule has 0 spiro atoms. The van der Waals surface area contributed by atoms with Crippen LogP contribution in [-0.2, 0) is 4.74 Å². The van der Waals surface area contributed by atoms with Gasteiger partial charge >= 0.3 is 6.09 Å². The third-order valence-corrected chi connectivity index (χ3v) is 7.16. The van der Waals surface area contributed by atoms with Gasteiger partial charge in [-0.05, 0) is 101 Å². The van der Waals surface area contributed by atoms with Crippen LogP contribution < -0.4 is 0 Å². The highest BCUT2D eigenvalue weighted by atomic mass is 127. The van der Waals surface area contributed by atoms with Crippen molar-refractivity contribution < 1.29 is 9.53 Å². The molecule has 0 saturated carbocycles. The fraction of sp³-hybridized carbons (Fsp3) is 0.515. The van der Waals surface area contributed by atoms with Gasteiger partial charge in [-0.25, -0.2) is 4.79 Å². The van der Waals surface area contributed by atoms with Crippen molar-refractivity contribution in [1.29, 1.82) is 5.26 Å². The van der Waals surface area contributed by atoms with Crippen LogP contribution in [0.4, 0.5) is 4.79 Å². The number of nitriles is 1. The van der Waals surface area contributed by atoms with E-state index in [0.717, 1.165) is 37.3 Å². The summed E-state index contributed by atoms with van der Waals surface area (Å²) in [6, 6.07) is 5.65. The molecule has 0 saturated heterocycles. The summed E-state index contributed by atoms with van der Waals surface area (Å²) in [5.74, 6) is 0.300. The first-order valence-electron chi connectivity index (χ1n) is 13.7. The number of rotatable bonds is 12. The van der Waals surface area contributed by atoms with Gasteiger partial charge in [-0.15, -0.1) is 0 Å². The molecule has 1 aromatic rings. The fourth-order valence-corrected chi connectivity index (χ4v) is 5.51. The smallest absolute Gasteiger partial charge is 0.410 e. The number of aliphatic imine (C=N–C) groups is 1. The first-order valence-corrected chi connectivity index (χ1v) is 14.8. The largest absolute Gasteiger partial charge is 0.444 e. The van der Waals surface area contributed by atoms with Crippen molar-refractivity contribution in [1.82, 2.24) is 9.88 Å². The Morgan fingerprint density at radius 2 is 1.88 bits per heavy atom. The Balaban J connectivity index is 3.37. The minimum Gasteiger partial charge on any atom is -0.444 e. The molecule has 1 aromatic heterocycles. The van der Waals surface area contributed by atoms with E-state index < -0.39 is 5.60 Å². The molecule has 0 fully saturated rings. The molecule has 2 atom stereocenters. The number of nitrogens with zero attached hydrogens (tertiary/aromatic N) is 4. The van der Waals surface area contributed by atoms with Crippen molar-refractivity contribution in [3.63, 3.8) is 0 Å². The average molecular weight is 659 g/mol. The number of carbonyl (C=O) groups is 1. The van der Waals surface area contributed by atoms with E-state index in [4.69, 9.17) is 4.74 Å². The molecule has 40 heavy (non-hydrogen) atoms. The normalized spacial score (nSPS) is 14.7. The van der Waals surface area contributed by atoms with Crippen molar-refractivity contribution in [2.24, 2.45) is 10.9 Å². The molecule has 0 N–H and O–H groups in total. The number of allylic oxidation sites excluding steroid dienone is 5. The van der Waals surface area contributed by atoms with E-state index in [0.29, 0.717) is 30.9 Å². The van der Waals surface area contributed by atoms with E-state index in [9.17, 15) is 10.1 Å². The third kappa shape index (κ3) is 11.4. The first kappa shape index (κ1) is 35.3. The van der Waals surface area contributed by atoms with Crippen LogP contribution in [0.15, 0.2) is 68.4 Å². The molecule has 0 aliphatic heterocycles. The second-order valence-electron chi connectivity index (χ2n) is 11.8. The highest BCUT2D eigenvalue weighted by Gasteiger charge is 2.27. The van der Waals surface area contributed by atoms with Gasteiger partial charge in [0.2, 0.25) is 0 Å². The SMILES string of the molecule is C=C(C/C(C(=C)C)=C(C(/C)=N\C)\C(I)=C/C(C)c1cc(C#N)ccn1)C[C@@H](C)N(CC(C)C)C(=O)OC(C)(C)C. The summed E-state index contributed by atoms with van der Waals surface area (Å²) in [6.45, 7) is 27.3. The Morgan fingerprint density at radius 3 is 2.38 bits per heavy atom. The Kier molecular flexibility index (Phi) is 14.0. The van der Waals surface area contributed by atoms with Gasteiger partial charge in [0, 0.05) is 52.3 Å². The molecule has 0 bridgehead atoms. The topological polar surface area (TPSA) is 78.6 Å². The second-order valence-corrected chi connectivity index (χ2v) is 13.0. The molecular formula is C33H47IN4O2. The number of pyridine rings is 1. The van der Waals surface area contributed by atoms with Crippen LogP contribution in [0.1, 0.15) is 92.3 Å². The maximum atomic E-state index is 13.0. The lowest BCUT2D eigenvalue weighted by Gasteiger charge is -2.33. The van der Waals surface area contributed by atoms with Crippen LogP contribution in [0.25, 0.3) is 0 Å². The summed E-state index contributed by atoms with van der Waals surface area (Å²) < 4.78 is 6.75. The predicted molar refractivity (Wildman–Crippen MR) is 176 cm³/mol. The standard InChI is InChI=1S/C33H47IN4O2/c1-21(2)20-38(32(39)40-33(9,10)11)25(7)15-23(5)16-28(22(3)4)31(26(8)36-12)29(34)17-24(6)30-18-27(19-35)13-14-37-30/h13-14,17-18,21,24-25H,3,5,15-16,20H2,1-2,4,6-12H3/b29-17+,31-28+,36-26-/t24?,25-/m1/s1. The van der Waals surface area contributed by atoms with E-state index in [1.54, 1.807) is 19.3 Å². The first-order chi connectivity index (χ1) is 18.5. The van der Waals surface area contributed by atoms with Crippen molar-refractivity contribution >= 4 is 34.4 Å². The molecule has 1 amide bonds. The highest BCUT2D eigenvalue weighted by Crippen LogP contribution is 2.33. The quantitative estimate of drug-likeness (QED) is 0.0973. The Bertz CT molecular complexity index is 1210. The van der Waals surface area contributed by atoms with Gasteiger partial charge < -0.3 is 9.64 Å². The summed E-state index contributed by atoms with van der Waals surface area (Å²) in [4.78, 5) is 23.9. The fourth-order valence-electron chi connectivity index (χ4n) is 4.25.